The number of hydrogen-bond donors (Lipinski definition) is 1. The van der Waals surface area contributed by atoms with Crippen LogP contribution < -0.4 is 5.32 Å². The SMILES string of the molecule is COC(=O)C(NC(=S)CCC(=O)CCc1ccccc1)c1ccoc1. The lowest BCUT2D eigenvalue weighted by atomic mass is 10.0. The standard InChI is InChI=1S/C19H21NO4S/c1-23-19(22)18(15-11-12-24-13-15)20-17(25)10-9-16(21)8-7-14-5-3-2-4-6-14/h2-6,11-13,18H,7-10H2,1H3,(H,20,25). The Balaban J connectivity index is 1.78. The molecule has 1 aromatic heterocycles. The molecule has 6 heteroatoms. The fourth-order valence-electron chi connectivity index (χ4n) is 2.37. The van der Waals surface area contributed by atoms with Gasteiger partial charge in [-0.25, -0.2) is 4.79 Å². The predicted molar refractivity (Wildman–Crippen MR) is 98.2 cm³/mol. The number of aryl methyl sites for hydroxylation is 1. The second-order valence-corrected chi connectivity index (χ2v) is 6.10. The van der Waals surface area contributed by atoms with Crippen molar-refractivity contribution in [2.45, 2.75) is 31.7 Å². The molecule has 0 spiro atoms. The average Bonchev–Trinajstić information content (AvgIpc) is 3.17. The van der Waals surface area contributed by atoms with Crippen molar-refractivity contribution in [2.24, 2.45) is 0 Å². The number of benzene rings is 1. The molecule has 0 fully saturated rings. The van der Waals surface area contributed by atoms with Crippen molar-refractivity contribution in [3.63, 3.8) is 0 Å². The molecule has 0 bridgehead atoms. The second kappa shape index (κ2) is 9.74. The van der Waals surface area contributed by atoms with Gasteiger partial charge in [-0.15, -0.1) is 0 Å². The monoisotopic (exact) mass is 359 g/mol. The maximum Gasteiger partial charge on any atom is 0.333 e. The first-order chi connectivity index (χ1) is 12.1. The summed E-state index contributed by atoms with van der Waals surface area (Å²) < 4.78 is 9.78. The van der Waals surface area contributed by atoms with Gasteiger partial charge in [0.25, 0.3) is 0 Å². The summed E-state index contributed by atoms with van der Waals surface area (Å²) in [7, 11) is 1.31. The van der Waals surface area contributed by atoms with Gasteiger partial charge in [0, 0.05) is 24.8 Å². The highest BCUT2D eigenvalue weighted by molar-refractivity contribution is 7.80. The lowest BCUT2D eigenvalue weighted by molar-refractivity contribution is -0.142. The van der Waals surface area contributed by atoms with Crippen LogP contribution in [0.1, 0.15) is 36.4 Å². The molecular weight excluding hydrogens is 338 g/mol. The van der Waals surface area contributed by atoms with Crippen molar-refractivity contribution >= 4 is 29.0 Å². The van der Waals surface area contributed by atoms with E-state index < -0.39 is 12.0 Å². The number of esters is 1. The first-order valence-electron chi connectivity index (χ1n) is 8.05. The molecule has 0 saturated carbocycles. The Bertz CT molecular complexity index is 697. The van der Waals surface area contributed by atoms with Crippen molar-refractivity contribution < 1.29 is 18.7 Å². The third kappa shape index (κ3) is 6.15. The van der Waals surface area contributed by atoms with Gasteiger partial charge in [0.1, 0.15) is 5.78 Å². The molecule has 1 heterocycles. The predicted octanol–water partition coefficient (Wildman–Crippen LogP) is 3.39. The second-order valence-electron chi connectivity index (χ2n) is 5.60. The van der Waals surface area contributed by atoms with Gasteiger partial charge in [-0.05, 0) is 18.1 Å². The highest BCUT2D eigenvalue weighted by Crippen LogP contribution is 2.16. The molecule has 2 aromatic rings. The average molecular weight is 359 g/mol. The van der Waals surface area contributed by atoms with Crippen molar-refractivity contribution in [3.8, 4) is 0 Å². The zero-order valence-corrected chi connectivity index (χ0v) is 14.9. The number of methoxy groups -OCH3 is 1. The summed E-state index contributed by atoms with van der Waals surface area (Å²) in [5.74, 6) is -0.315. The largest absolute Gasteiger partial charge is 0.472 e. The molecule has 0 aliphatic carbocycles. The Hall–Kier alpha value is -2.47. The molecular formula is C19H21NO4S. The third-order valence-electron chi connectivity index (χ3n) is 3.78. The van der Waals surface area contributed by atoms with E-state index >= 15 is 0 Å². The van der Waals surface area contributed by atoms with Gasteiger partial charge < -0.3 is 14.5 Å². The molecule has 0 radical (unpaired) electrons. The normalized spacial score (nSPS) is 11.6. The molecule has 132 valence electrons. The highest BCUT2D eigenvalue weighted by atomic mass is 32.1. The Kier molecular flexibility index (Phi) is 7.35. The molecule has 5 nitrogen and oxygen atoms in total. The van der Waals surface area contributed by atoms with Crippen molar-refractivity contribution in [1.82, 2.24) is 5.32 Å². The van der Waals surface area contributed by atoms with Crippen LogP contribution in [0.15, 0.2) is 53.3 Å². The lowest BCUT2D eigenvalue weighted by Gasteiger charge is -2.16. The van der Waals surface area contributed by atoms with E-state index in [-0.39, 0.29) is 5.78 Å². The van der Waals surface area contributed by atoms with Crippen LogP contribution in [0.5, 0.6) is 0 Å². The number of ketones is 1. The van der Waals surface area contributed by atoms with E-state index in [0.29, 0.717) is 29.8 Å². The Morgan fingerprint density at radius 2 is 1.92 bits per heavy atom. The summed E-state index contributed by atoms with van der Waals surface area (Å²) in [6, 6.07) is 10.8. The van der Waals surface area contributed by atoms with Crippen LogP contribution in [-0.4, -0.2) is 23.9 Å². The number of carbonyl (C=O) groups excluding carboxylic acids is 2. The quantitative estimate of drug-likeness (QED) is 0.547. The number of furan rings is 1. The van der Waals surface area contributed by atoms with E-state index in [0.717, 1.165) is 12.0 Å². The van der Waals surface area contributed by atoms with Gasteiger partial charge in [-0.2, -0.15) is 0 Å². The summed E-state index contributed by atoms with van der Waals surface area (Å²) in [6.07, 6.45) is 4.88. The number of thiocarbonyl (C=S) groups is 1. The van der Waals surface area contributed by atoms with Gasteiger partial charge in [-0.1, -0.05) is 42.5 Å². The number of hydrogen-bond acceptors (Lipinski definition) is 5. The zero-order chi connectivity index (χ0) is 18.1. The molecule has 0 aliphatic heterocycles. The van der Waals surface area contributed by atoms with E-state index in [4.69, 9.17) is 21.4 Å². The van der Waals surface area contributed by atoms with E-state index in [1.165, 1.54) is 19.6 Å². The Morgan fingerprint density at radius 1 is 1.16 bits per heavy atom. The van der Waals surface area contributed by atoms with E-state index in [2.05, 4.69) is 5.32 Å². The fraction of sp³-hybridized carbons (Fsp3) is 0.316. The number of carbonyl (C=O) groups is 2. The molecule has 1 unspecified atom stereocenters. The number of ether oxygens (including phenoxy) is 1. The first-order valence-corrected chi connectivity index (χ1v) is 8.46. The number of rotatable bonds is 9. The first kappa shape index (κ1) is 18.9. The van der Waals surface area contributed by atoms with Gasteiger partial charge >= 0.3 is 5.97 Å². The Morgan fingerprint density at radius 3 is 2.56 bits per heavy atom. The lowest BCUT2D eigenvalue weighted by Crippen LogP contribution is -2.33. The van der Waals surface area contributed by atoms with Crippen LogP contribution in [-0.2, 0) is 20.7 Å². The number of Topliss-reactive ketones (excluding diaryl/α,β-unsaturated/α-hetero) is 1. The maximum absolute atomic E-state index is 12.0. The highest BCUT2D eigenvalue weighted by Gasteiger charge is 2.23. The third-order valence-corrected chi connectivity index (χ3v) is 4.11. The van der Waals surface area contributed by atoms with Crippen LogP contribution >= 0.6 is 12.2 Å². The minimum atomic E-state index is -0.726. The Labute approximate surface area is 152 Å². The van der Waals surface area contributed by atoms with Crippen LogP contribution in [0.3, 0.4) is 0 Å². The van der Waals surface area contributed by atoms with E-state index in [9.17, 15) is 9.59 Å². The summed E-state index contributed by atoms with van der Waals surface area (Å²) in [5, 5.41) is 2.94. The van der Waals surface area contributed by atoms with Crippen molar-refractivity contribution in [2.75, 3.05) is 7.11 Å². The smallest absolute Gasteiger partial charge is 0.333 e. The molecule has 0 amide bonds. The molecule has 0 aliphatic rings. The van der Waals surface area contributed by atoms with Gasteiger partial charge in [0.2, 0.25) is 0 Å². The molecule has 1 aromatic carbocycles. The minimum Gasteiger partial charge on any atom is -0.472 e. The van der Waals surface area contributed by atoms with Crippen LogP contribution in [0.25, 0.3) is 0 Å². The van der Waals surface area contributed by atoms with Gasteiger partial charge in [0.15, 0.2) is 6.04 Å². The van der Waals surface area contributed by atoms with Crippen molar-refractivity contribution in [1.29, 1.82) is 0 Å². The van der Waals surface area contributed by atoms with E-state index in [1.807, 2.05) is 30.3 Å². The van der Waals surface area contributed by atoms with Gasteiger partial charge in [0.05, 0.1) is 24.6 Å². The summed E-state index contributed by atoms with van der Waals surface area (Å²) >= 11 is 5.27. The van der Waals surface area contributed by atoms with Crippen LogP contribution in [0.4, 0.5) is 0 Å². The summed E-state index contributed by atoms with van der Waals surface area (Å²) in [4.78, 5) is 24.4. The van der Waals surface area contributed by atoms with E-state index in [1.54, 1.807) is 6.07 Å². The molecule has 1 atom stereocenters. The molecule has 25 heavy (non-hydrogen) atoms. The zero-order valence-electron chi connectivity index (χ0n) is 14.1. The summed E-state index contributed by atoms with van der Waals surface area (Å²) in [6.45, 7) is 0. The minimum absolute atomic E-state index is 0.144. The van der Waals surface area contributed by atoms with Crippen molar-refractivity contribution in [3.05, 3.63) is 60.1 Å². The molecule has 0 saturated heterocycles. The summed E-state index contributed by atoms with van der Waals surface area (Å²) in [5.41, 5.74) is 1.77. The fourth-order valence-corrected chi connectivity index (χ4v) is 2.59. The maximum atomic E-state index is 12.0. The van der Waals surface area contributed by atoms with Gasteiger partial charge in [-0.3, -0.25) is 4.79 Å². The molecule has 2 rings (SSSR count). The topological polar surface area (TPSA) is 68.5 Å². The van der Waals surface area contributed by atoms with Crippen LogP contribution in [0, 0.1) is 0 Å². The molecule has 1 N–H and O–H groups in total. The number of nitrogens with one attached hydrogen (secondary N) is 1. The van der Waals surface area contributed by atoms with Crippen LogP contribution in [0.2, 0.25) is 0 Å².